The van der Waals surface area contributed by atoms with E-state index in [1.807, 2.05) is 18.2 Å². The first-order valence-corrected chi connectivity index (χ1v) is 10.3. The van der Waals surface area contributed by atoms with Crippen molar-refractivity contribution in [2.75, 3.05) is 26.3 Å². The van der Waals surface area contributed by atoms with Crippen LogP contribution in [0.15, 0.2) is 41.0 Å². The molecule has 0 bridgehead atoms. The van der Waals surface area contributed by atoms with Crippen molar-refractivity contribution in [3.05, 3.63) is 47.9 Å². The van der Waals surface area contributed by atoms with Crippen LogP contribution < -0.4 is 14.8 Å². The van der Waals surface area contributed by atoms with Crippen LogP contribution in [-0.4, -0.2) is 53.9 Å². The number of amides is 4. The van der Waals surface area contributed by atoms with Gasteiger partial charge in [-0.05, 0) is 49.6 Å². The lowest BCUT2D eigenvalue weighted by Crippen LogP contribution is -2.44. The average molecular weight is 425 g/mol. The molecule has 1 N–H and O–H groups in total. The molecule has 0 radical (unpaired) electrons. The van der Waals surface area contributed by atoms with Gasteiger partial charge in [0.1, 0.15) is 25.5 Å². The Balaban J connectivity index is 1.33. The van der Waals surface area contributed by atoms with Crippen molar-refractivity contribution in [1.29, 1.82) is 0 Å². The molecule has 1 aromatic heterocycles. The molecular weight excluding hydrogens is 402 g/mol. The topological polar surface area (TPSA) is 101 Å². The molecule has 3 aliphatic rings. The molecule has 2 aromatic rings. The van der Waals surface area contributed by atoms with E-state index in [9.17, 15) is 14.4 Å². The lowest BCUT2D eigenvalue weighted by atomic mass is 9.99. The highest BCUT2D eigenvalue weighted by molar-refractivity contribution is 6.08. The van der Waals surface area contributed by atoms with Crippen LogP contribution in [0.5, 0.6) is 11.5 Å². The first kappa shape index (κ1) is 19.5. The predicted molar refractivity (Wildman–Crippen MR) is 107 cm³/mol. The quantitative estimate of drug-likeness (QED) is 0.754. The number of urea groups is 1. The first-order valence-electron chi connectivity index (χ1n) is 10.3. The highest BCUT2D eigenvalue weighted by Gasteiger charge is 2.52. The molecule has 9 nitrogen and oxygen atoms in total. The molecule has 9 heteroatoms. The number of nitrogens with one attached hydrogen (secondary N) is 1. The van der Waals surface area contributed by atoms with Crippen LogP contribution in [0.4, 0.5) is 4.79 Å². The van der Waals surface area contributed by atoms with Crippen LogP contribution in [0.25, 0.3) is 0 Å². The van der Waals surface area contributed by atoms with Gasteiger partial charge in [-0.2, -0.15) is 0 Å². The van der Waals surface area contributed by atoms with Crippen LogP contribution in [0.3, 0.4) is 0 Å². The van der Waals surface area contributed by atoms with E-state index in [4.69, 9.17) is 13.9 Å². The van der Waals surface area contributed by atoms with Crippen LogP contribution in [-0.2, 0) is 15.1 Å². The monoisotopic (exact) mass is 425 g/mol. The number of benzene rings is 1. The van der Waals surface area contributed by atoms with Gasteiger partial charge in [0.25, 0.3) is 5.91 Å². The average Bonchev–Trinajstić information content (AvgIpc) is 3.52. The molecule has 4 amide bonds. The lowest BCUT2D eigenvalue weighted by molar-refractivity contribution is -0.139. The Bertz CT molecular complexity index is 1040. The Morgan fingerprint density at radius 2 is 2.00 bits per heavy atom. The van der Waals surface area contributed by atoms with Gasteiger partial charge < -0.3 is 24.1 Å². The van der Waals surface area contributed by atoms with Gasteiger partial charge in [-0.1, -0.05) is 6.07 Å². The van der Waals surface area contributed by atoms with E-state index in [2.05, 4.69) is 5.32 Å². The highest BCUT2D eigenvalue weighted by atomic mass is 16.6. The maximum Gasteiger partial charge on any atom is 0.325 e. The largest absolute Gasteiger partial charge is 0.486 e. The molecule has 2 fully saturated rings. The standard InChI is InChI=1S/C22H23N3O6/c1-22(18-5-3-9-31-18)20(27)25(21(28)23-22)13-19(26)24-8-2-4-15(24)14-6-7-16-17(12-14)30-11-10-29-16/h3,5-7,9,12,15H,2,4,8,10-11,13H2,1H3,(H,23,28)/t15-,22-/m1/s1. The summed E-state index contributed by atoms with van der Waals surface area (Å²) in [5, 5.41) is 2.65. The summed E-state index contributed by atoms with van der Waals surface area (Å²) in [6.45, 7) is 2.83. The smallest absolute Gasteiger partial charge is 0.325 e. The van der Waals surface area contributed by atoms with Crippen molar-refractivity contribution in [3.8, 4) is 11.5 Å². The summed E-state index contributed by atoms with van der Waals surface area (Å²) in [5.74, 6) is 0.922. The number of furan rings is 1. The Morgan fingerprint density at radius 1 is 1.19 bits per heavy atom. The van der Waals surface area contributed by atoms with Gasteiger partial charge in [0.15, 0.2) is 17.0 Å². The van der Waals surface area contributed by atoms with Crippen LogP contribution >= 0.6 is 0 Å². The van der Waals surface area contributed by atoms with Crippen LogP contribution in [0, 0.1) is 0 Å². The van der Waals surface area contributed by atoms with Crippen molar-refractivity contribution in [2.45, 2.75) is 31.3 Å². The number of likely N-dealkylation sites (tertiary alicyclic amines) is 1. The zero-order chi connectivity index (χ0) is 21.6. The fraction of sp³-hybridized carbons (Fsp3) is 0.409. The maximum atomic E-state index is 13.1. The van der Waals surface area contributed by atoms with Crippen molar-refractivity contribution >= 4 is 17.8 Å². The third-order valence-corrected chi connectivity index (χ3v) is 6.11. The van der Waals surface area contributed by atoms with Gasteiger partial charge in [-0.25, -0.2) is 4.79 Å². The van der Waals surface area contributed by atoms with Gasteiger partial charge in [0.05, 0.1) is 12.3 Å². The Hall–Kier alpha value is -3.49. The minimum atomic E-state index is -1.32. The van der Waals surface area contributed by atoms with Gasteiger partial charge >= 0.3 is 6.03 Å². The lowest BCUT2D eigenvalue weighted by Gasteiger charge is -2.28. The Labute approximate surface area is 178 Å². The number of ether oxygens (including phenoxy) is 2. The normalized spacial score (nSPS) is 25.1. The molecule has 2 saturated heterocycles. The molecule has 0 aliphatic carbocycles. The van der Waals surface area contributed by atoms with Crippen molar-refractivity contribution in [3.63, 3.8) is 0 Å². The number of carbonyl (C=O) groups is 3. The van der Waals surface area contributed by atoms with E-state index >= 15 is 0 Å². The molecule has 2 atom stereocenters. The number of hydrogen-bond acceptors (Lipinski definition) is 6. The summed E-state index contributed by atoms with van der Waals surface area (Å²) >= 11 is 0. The van der Waals surface area contributed by atoms with Crippen molar-refractivity contribution < 1.29 is 28.3 Å². The van der Waals surface area contributed by atoms with Crippen LogP contribution in [0.2, 0.25) is 0 Å². The zero-order valence-corrected chi connectivity index (χ0v) is 17.1. The Morgan fingerprint density at radius 3 is 2.77 bits per heavy atom. The number of imide groups is 1. The minimum Gasteiger partial charge on any atom is -0.486 e. The van der Waals surface area contributed by atoms with Gasteiger partial charge in [0.2, 0.25) is 5.91 Å². The summed E-state index contributed by atoms with van der Waals surface area (Å²) in [5.41, 5.74) is -0.367. The molecule has 0 spiro atoms. The van der Waals surface area contributed by atoms with E-state index in [1.165, 1.54) is 6.26 Å². The molecule has 31 heavy (non-hydrogen) atoms. The molecule has 5 rings (SSSR count). The molecular formula is C22H23N3O6. The maximum absolute atomic E-state index is 13.1. The third-order valence-electron chi connectivity index (χ3n) is 6.11. The summed E-state index contributed by atoms with van der Waals surface area (Å²) in [7, 11) is 0. The molecule has 0 unspecified atom stereocenters. The summed E-state index contributed by atoms with van der Waals surface area (Å²) in [4.78, 5) is 41.3. The predicted octanol–water partition coefficient (Wildman–Crippen LogP) is 2.18. The molecule has 4 heterocycles. The summed E-state index contributed by atoms with van der Waals surface area (Å²) < 4.78 is 16.6. The van der Waals surface area contributed by atoms with E-state index < -0.39 is 17.5 Å². The Kier molecular flexibility index (Phi) is 4.60. The first-order chi connectivity index (χ1) is 15.0. The number of nitrogens with zero attached hydrogens (tertiary/aromatic N) is 2. The zero-order valence-electron chi connectivity index (χ0n) is 17.1. The fourth-order valence-corrected chi connectivity index (χ4v) is 4.48. The molecule has 3 aliphatic heterocycles. The second kappa shape index (κ2) is 7.33. The molecule has 162 valence electrons. The highest BCUT2D eigenvalue weighted by Crippen LogP contribution is 2.38. The second-order valence-electron chi connectivity index (χ2n) is 8.07. The summed E-state index contributed by atoms with van der Waals surface area (Å²) in [6.07, 6.45) is 3.08. The third kappa shape index (κ3) is 3.20. The van der Waals surface area contributed by atoms with E-state index in [0.29, 0.717) is 37.0 Å². The number of carbonyl (C=O) groups excluding carboxylic acids is 3. The molecule has 0 saturated carbocycles. The second-order valence-corrected chi connectivity index (χ2v) is 8.07. The van der Waals surface area contributed by atoms with Crippen LogP contribution in [0.1, 0.15) is 37.1 Å². The number of hydrogen-bond donors (Lipinski definition) is 1. The van der Waals surface area contributed by atoms with E-state index in [-0.39, 0.29) is 18.5 Å². The minimum absolute atomic E-state index is 0.138. The van der Waals surface area contributed by atoms with Gasteiger partial charge in [-0.3, -0.25) is 14.5 Å². The SMILES string of the molecule is C[C@]1(c2ccco2)NC(=O)N(CC(=O)N2CCC[C@@H]2c2ccc3c(c2)OCCO3)C1=O. The van der Waals surface area contributed by atoms with Crippen molar-refractivity contribution in [2.24, 2.45) is 0 Å². The van der Waals surface area contributed by atoms with Gasteiger partial charge in [0, 0.05) is 6.54 Å². The van der Waals surface area contributed by atoms with Gasteiger partial charge in [-0.15, -0.1) is 0 Å². The molecule has 1 aromatic carbocycles. The number of fused-ring (bicyclic) bond motifs is 1. The summed E-state index contributed by atoms with van der Waals surface area (Å²) in [6, 6.07) is 8.24. The van der Waals surface area contributed by atoms with E-state index in [0.717, 1.165) is 23.3 Å². The van der Waals surface area contributed by atoms with Crippen molar-refractivity contribution in [1.82, 2.24) is 15.1 Å². The fourth-order valence-electron chi connectivity index (χ4n) is 4.48. The number of rotatable bonds is 4. The van der Waals surface area contributed by atoms with E-state index in [1.54, 1.807) is 24.0 Å².